The van der Waals surface area contributed by atoms with Gasteiger partial charge in [0.15, 0.2) is 0 Å². The van der Waals surface area contributed by atoms with Gasteiger partial charge in [-0.25, -0.2) is 4.98 Å². The van der Waals surface area contributed by atoms with Gasteiger partial charge < -0.3 is 14.6 Å². The average molecular weight is 306 g/mol. The molecule has 0 fully saturated rings. The molecule has 2 aromatic heterocycles. The average Bonchev–Trinajstić information content (AvgIpc) is 2.72. The Morgan fingerprint density at radius 1 is 1.29 bits per heavy atom. The minimum atomic E-state index is 0.102. The van der Waals surface area contributed by atoms with E-state index < -0.39 is 0 Å². The highest BCUT2D eigenvalue weighted by Gasteiger charge is 2.15. The van der Waals surface area contributed by atoms with Crippen molar-refractivity contribution >= 4 is 17.4 Å². The number of hydrogen-bond donors (Lipinski definition) is 1. The van der Waals surface area contributed by atoms with E-state index in [1.807, 2.05) is 17.8 Å². The van der Waals surface area contributed by atoms with Gasteiger partial charge in [0.2, 0.25) is 0 Å². The van der Waals surface area contributed by atoms with Crippen LogP contribution in [0, 0.1) is 0 Å². The number of nitrogens with one attached hydrogen (secondary N) is 1. The van der Waals surface area contributed by atoms with E-state index in [2.05, 4.69) is 67.8 Å². The molecular formula is C16H26N4S. The van der Waals surface area contributed by atoms with Gasteiger partial charge in [-0.15, -0.1) is 11.8 Å². The highest BCUT2D eigenvalue weighted by atomic mass is 32.2. The first-order valence-electron chi connectivity index (χ1n) is 7.35. The monoisotopic (exact) mass is 306 g/mol. The van der Waals surface area contributed by atoms with Crippen LogP contribution in [0.2, 0.25) is 0 Å². The van der Waals surface area contributed by atoms with Gasteiger partial charge in [-0.1, -0.05) is 6.07 Å². The molecule has 0 amide bonds. The fourth-order valence-electron chi connectivity index (χ4n) is 1.98. The molecule has 0 atom stereocenters. The summed E-state index contributed by atoms with van der Waals surface area (Å²) >= 11 is 1.84. The molecular weight excluding hydrogens is 280 g/mol. The van der Waals surface area contributed by atoms with E-state index in [0.29, 0.717) is 0 Å². The van der Waals surface area contributed by atoms with Crippen molar-refractivity contribution < 1.29 is 0 Å². The molecule has 2 rings (SSSR count). The van der Waals surface area contributed by atoms with E-state index in [9.17, 15) is 0 Å². The zero-order valence-electron chi connectivity index (χ0n) is 13.7. The first kappa shape index (κ1) is 16.3. The van der Waals surface area contributed by atoms with Crippen LogP contribution in [0.5, 0.6) is 0 Å². The summed E-state index contributed by atoms with van der Waals surface area (Å²) in [5, 5.41) is 4.71. The molecule has 4 nitrogen and oxygen atoms in total. The maximum atomic E-state index is 4.78. The summed E-state index contributed by atoms with van der Waals surface area (Å²) in [6, 6.07) is 6.16. The molecule has 0 spiro atoms. The van der Waals surface area contributed by atoms with Crippen molar-refractivity contribution in [1.29, 1.82) is 0 Å². The van der Waals surface area contributed by atoms with Crippen molar-refractivity contribution in [3.8, 4) is 0 Å². The first-order chi connectivity index (χ1) is 9.87. The number of aromatic nitrogens is 2. The lowest BCUT2D eigenvalue weighted by atomic mass is 10.1. The van der Waals surface area contributed by atoms with E-state index in [-0.39, 0.29) is 5.54 Å². The number of nitrogens with zero attached hydrogens (tertiary/aromatic N) is 3. The zero-order chi connectivity index (χ0) is 15.5. The first-order valence-corrected chi connectivity index (χ1v) is 8.34. The molecule has 2 aromatic rings. The van der Waals surface area contributed by atoms with Crippen LogP contribution in [0.25, 0.3) is 5.65 Å². The predicted octanol–water partition coefficient (Wildman–Crippen LogP) is 2.88. The molecule has 0 unspecified atom stereocenters. The molecule has 0 aliphatic carbocycles. The van der Waals surface area contributed by atoms with Crippen molar-refractivity contribution in [2.45, 2.75) is 37.9 Å². The second kappa shape index (κ2) is 6.81. The summed E-state index contributed by atoms with van der Waals surface area (Å²) in [6.45, 7) is 8.46. The quantitative estimate of drug-likeness (QED) is 0.832. The predicted molar refractivity (Wildman–Crippen MR) is 91.1 cm³/mol. The van der Waals surface area contributed by atoms with Gasteiger partial charge in [-0.2, -0.15) is 0 Å². The Kier molecular flexibility index (Phi) is 5.30. The number of thioether (sulfide) groups is 1. The summed E-state index contributed by atoms with van der Waals surface area (Å²) < 4.78 is 2.19. The van der Waals surface area contributed by atoms with Crippen LogP contribution < -0.4 is 5.32 Å². The van der Waals surface area contributed by atoms with Crippen molar-refractivity contribution in [3.63, 3.8) is 0 Å². The van der Waals surface area contributed by atoms with Crippen molar-refractivity contribution in [2.24, 2.45) is 0 Å². The lowest BCUT2D eigenvalue weighted by molar-refractivity contribution is 0.418. The molecule has 0 saturated carbocycles. The molecule has 0 bridgehead atoms. The fraction of sp³-hybridized carbons (Fsp3) is 0.562. The Hall–Kier alpha value is -1.04. The molecule has 0 saturated heterocycles. The summed E-state index contributed by atoms with van der Waals surface area (Å²) in [7, 11) is 4.21. The van der Waals surface area contributed by atoms with Gasteiger partial charge >= 0.3 is 0 Å². The SMILES string of the molecule is CN(C)CCSc1nc2ccccn2c1CNC(C)(C)C. The third-order valence-electron chi connectivity index (χ3n) is 3.16. The van der Waals surface area contributed by atoms with Gasteiger partial charge in [0, 0.05) is 30.6 Å². The Labute approximate surface area is 131 Å². The van der Waals surface area contributed by atoms with Crippen LogP contribution in [-0.4, -0.2) is 46.2 Å². The van der Waals surface area contributed by atoms with Gasteiger partial charge in [-0.05, 0) is 47.0 Å². The molecule has 0 aliphatic rings. The number of imidazole rings is 1. The van der Waals surface area contributed by atoms with Gasteiger partial charge in [-0.3, -0.25) is 0 Å². The maximum Gasteiger partial charge on any atom is 0.138 e. The normalized spacial score (nSPS) is 12.5. The second-order valence-corrected chi connectivity index (χ2v) is 7.63. The Bertz CT molecular complexity index is 583. The van der Waals surface area contributed by atoms with Crippen LogP contribution >= 0.6 is 11.8 Å². The maximum absolute atomic E-state index is 4.78. The largest absolute Gasteiger partial charge is 0.309 e. The molecule has 1 N–H and O–H groups in total. The van der Waals surface area contributed by atoms with Crippen LogP contribution in [0.3, 0.4) is 0 Å². The van der Waals surface area contributed by atoms with Crippen LogP contribution in [-0.2, 0) is 6.54 Å². The number of fused-ring (bicyclic) bond motifs is 1. The van der Waals surface area contributed by atoms with Crippen molar-refractivity contribution in [1.82, 2.24) is 19.6 Å². The van der Waals surface area contributed by atoms with Crippen LogP contribution in [0.1, 0.15) is 26.5 Å². The number of hydrogen-bond acceptors (Lipinski definition) is 4. The van der Waals surface area contributed by atoms with Gasteiger partial charge in [0.25, 0.3) is 0 Å². The lowest BCUT2D eigenvalue weighted by Gasteiger charge is -2.20. The summed E-state index contributed by atoms with van der Waals surface area (Å²) in [4.78, 5) is 6.98. The van der Waals surface area contributed by atoms with Crippen molar-refractivity contribution in [3.05, 3.63) is 30.1 Å². The number of rotatable bonds is 6. The van der Waals surface area contributed by atoms with Crippen LogP contribution in [0.4, 0.5) is 0 Å². The molecule has 116 valence electrons. The molecule has 0 radical (unpaired) electrons. The van der Waals surface area contributed by atoms with Gasteiger partial charge in [0.1, 0.15) is 10.7 Å². The molecule has 0 aliphatic heterocycles. The standard InChI is InChI=1S/C16H26N4S/c1-16(2,3)17-12-13-15(21-11-10-19(4)5)18-14-8-6-7-9-20(13)14/h6-9,17H,10-12H2,1-5H3. The van der Waals surface area contributed by atoms with Crippen LogP contribution in [0.15, 0.2) is 29.4 Å². The second-order valence-electron chi connectivity index (χ2n) is 6.55. The minimum absolute atomic E-state index is 0.102. The van der Waals surface area contributed by atoms with Gasteiger partial charge in [0.05, 0.1) is 5.69 Å². The summed E-state index contributed by atoms with van der Waals surface area (Å²) in [6.07, 6.45) is 2.10. The minimum Gasteiger partial charge on any atom is -0.309 e. The Balaban J connectivity index is 2.21. The van der Waals surface area contributed by atoms with E-state index >= 15 is 0 Å². The zero-order valence-corrected chi connectivity index (χ0v) is 14.5. The van der Waals surface area contributed by atoms with Crippen molar-refractivity contribution in [2.75, 3.05) is 26.4 Å². The topological polar surface area (TPSA) is 32.6 Å². The fourth-order valence-corrected chi connectivity index (χ4v) is 3.12. The van der Waals surface area contributed by atoms with E-state index in [1.165, 1.54) is 5.69 Å². The van der Waals surface area contributed by atoms with E-state index in [0.717, 1.165) is 29.5 Å². The van der Waals surface area contributed by atoms with E-state index in [4.69, 9.17) is 4.98 Å². The highest BCUT2D eigenvalue weighted by Crippen LogP contribution is 2.24. The molecule has 5 heteroatoms. The smallest absolute Gasteiger partial charge is 0.138 e. The molecule has 2 heterocycles. The molecule has 0 aromatic carbocycles. The lowest BCUT2D eigenvalue weighted by Crippen LogP contribution is -2.35. The third kappa shape index (κ3) is 4.73. The molecule has 21 heavy (non-hydrogen) atoms. The third-order valence-corrected chi connectivity index (χ3v) is 4.14. The summed E-state index contributed by atoms with van der Waals surface area (Å²) in [5.41, 5.74) is 2.38. The summed E-state index contributed by atoms with van der Waals surface area (Å²) in [5.74, 6) is 1.05. The highest BCUT2D eigenvalue weighted by molar-refractivity contribution is 7.99. The number of pyridine rings is 1. The Morgan fingerprint density at radius 3 is 2.71 bits per heavy atom. The van der Waals surface area contributed by atoms with E-state index in [1.54, 1.807) is 0 Å². The Morgan fingerprint density at radius 2 is 2.05 bits per heavy atom.